The van der Waals surface area contributed by atoms with Crippen LogP contribution in [-0.4, -0.2) is 20.7 Å². The molecule has 5 nitrogen and oxygen atoms in total. The molecular formula is C18H14ClF3N4O. The summed E-state index contributed by atoms with van der Waals surface area (Å²) >= 11 is 5.78. The number of rotatable bonds is 4. The van der Waals surface area contributed by atoms with Gasteiger partial charge in [0, 0.05) is 17.4 Å². The molecule has 2 aromatic heterocycles. The summed E-state index contributed by atoms with van der Waals surface area (Å²) in [6.07, 6.45) is -0.772. The average molecular weight is 395 g/mol. The molecule has 1 amide bonds. The van der Waals surface area contributed by atoms with E-state index >= 15 is 0 Å². The van der Waals surface area contributed by atoms with Crippen LogP contribution in [0.4, 0.5) is 13.2 Å². The smallest absolute Gasteiger partial charge is 0.345 e. The fourth-order valence-electron chi connectivity index (χ4n) is 2.56. The molecule has 0 fully saturated rings. The first kappa shape index (κ1) is 18.9. The number of nitrogens with zero attached hydrogens (tertiary/aromatic N) is 3. The Kier molecular flexibility index (Phi) is 5.18. The summed E-state index contributed by atoms with van der Waals surface area (Å²) in [4.78, 5) is 16.4. The molecule has 2 heterocycles. The number of benzene rings is 1. The molecule has 0 aliphatic carbocycles. The normalized spacial score (nSPS) is 12.6. The number of carbonyl (C=O) groups excluding carboxylic acids is 1. The summed E-state index contributed by atoms with van der Waals surface area (Å²) in [5, 5.41) is 6.69. The number of alkyl halides is 3. The van der Waals surface area contributed by atoms with Gasteiger partial charge < -0.3 is 5.32 Å². The van der Waals surface area contributed by atoms with Crippen molar-refractivity contribution in [1.29, 1.82) is 0 Å². The van der Waals surface area contributed by atoms with Crippen LogP contribution >= 0.6 is 11.6 Å². The molecular weight excluding hydrogens is 381 g/mol. The zero-order valence-electron chi connectivity index (χ0n) is 14.0. The van der Waals surface area contributed by atoms with Crippen LogP contribution in [0.25, 0.3) is 5.69 Å². The fourth-order valence-corrected chi connectivity index (χ4v) is 2.68. The third kappa shape index (κ3) is 4.11. The van der Waals surface area contributed by atoms with Crippen LogP contribution < -0.4 is 5.32 Å². The van der Waals surface area contributed by atoms with E-state index in [1.807, 2.05) is 0 Å². The number of aromatic nitrogens is 3. The fraction of sp³-hybridized carbons (Fsp3) is 0.167. The predicted molar refractivity (Wildman–Crippen MR) is 93.7 cm³/mol. The minimum atomic E-state index is -4.78. The third-order valence-electron chi connectivity index (χ3n) is 3.89. The molecule has 9 heteroatoms. The van der Waals surface area contributed by atoms with Crippen molar-refractivity contribution in [3.05, 3.63) is 76.8 Å². The van der Waals surface area contributed by atoms with Gasteiger partial charge in [-0.3, -0.25) is 9.78 Å². The van der Waals surface area contributed by atoms with E-state index in [-0.39, 0.29) is 5.69 Å². The van der Waals surface area contributed by atoms with E-state index in [9.17, 15) is 18.0 Å². The Morgan fingerprint density at radius 1 is 1.19 bits per heavy atom. The number of hydrogen-bond acceptors (Lipinski definition) is 3. The minimum absolute atomic E-state index is 0.145. The monoisotopic (exact) mass is 394 g/mol. The molecule has 1 aromatic carbocycles. The van der Waals surface area contributed by atoms with Gasteiger partial charge in [-0.15, -0.1) is 0 Å². The number of amides is 1. The quantitative estimate of drug-likeness (QED) is 0.712. The number of nitrogens with one attached hydrogen (secondary N) is 1. The van der Waals surface area contributed by atoms with E-state index in [0.29, 0.717) is 15.3 Å². The molecule has 0 spiro atoms. The van der Waals surface area contributed by atoms with Crippen LogP contribution in [0.3, 0.4) is 0 Å². The topological polar surface area (TPSA) is 59.8 Å². The molecule has 0 saturated carbocycles. The summed E-state index contributed by atoms with van der Waals surface area (Å²) in [5.41, 5.74) is -0.899. The van der Waals surface area contributed by atoms with Crippen LogP contribution in [0.1, 0.15) is 34.6 Å². The molecule has 3 rings (SSSR count). The van der Waals surface area contributed by atoms with Crippen molar-refractivity contribution < 1.29 is 18.0 Å². The van der Waals surface area contributed by atoms with Crippen LogP contribution in [0.15, 0.2) is 55.0 Å². The number of hydrogen-bond donors (Lipinski definition) is 1. The Bertz CT molecular complexity index is 939. The number of pyridine rings is 1. The summed E-state index contributed by atoms with van der Waals surface area (Å²) in [6, 6.07) is 8.56. The van der Waals surface area contributed by atoms with E-state index in [1.54, 1.807) is 25.3 Å². The Balaban J connectivity index is 1.95. The molecule has 1 unspecified atom stereocenters. The van der Waals surface area contributed by atoms with Crippen molar-refractivity contribution in [2.75, 3.05) is 0 Å². The summed E-state index contributed by atoms with van der Waals surface area (Å²) < 4.78 is 41.6. The predicted octanol–water partition coefficient (Wildman–Crippen LogP) is 4.43. The Labute approximate surface area is 157 Å². The Hall–Kier alpha value is -2.87. The zero-order chi connectivity index (χ0) is 19.6. The molecule has 0 saturated heterocycles. The van der Waals surface area contributed by atoms with Gasteiger partial charge in [-0.1, -0.05) is 17.7 Å². The molecule has 0 radical (unpaired) electrons. The SMILES string of the molecule is CC(NC(=O)c1cnn(-c2ccc(Cl)cc2)c1C(F)(F)F)c1cccnc1. The van der Waals surface area contributed by atoms with E-state index < -0.39 is 29.4 Å². The van der Waals surface area contributed by atoms with Crippen molar-refractivity contribution >= 4 is 17.5 Å². The number of halogens is 4. The molecule has 1 atom stereocenters. The third-order valence-corrected chi connectivity index (χ3v) is 4.14. The van der Waals surface area contributed by atoms with Gasteiger partial charge in [0.05, 0.1) is 23.5 Å². The maximum atomic E-state index is 13.7. The largest absolute Gasteiger partial charge is 0.434 e. The van der Waals surface area contributed by atoms with Crippen molar-refractivity contribution in [2.45, 2.75) is 19.1 Å². The lowest BCUT2D eigenvalue weighted by atomic mass is 10.1. The molecule has 140 valence electrons. The van der Waals surface area contributed by atoms with Crippen molar-refractivity contribution in [1.82, 2.24) is 20.1 Å². The van der Waals surface area contributed by atoms with E-state index in [0.717, 1.165) is 6.20 Å². The molecule has 0 bridgehead atoms. The lowest BCUT2D eigenvalue weighted by Gasteiger charge is -2.16. The van der Waals surface area contributed by atoms with Gasteiger partial charge in [-0.05, 0) is 42.8 Å². The Morgan fingerprint density at radius 2 is 1.89 bits per heavy atom. The highest BCUT2D eigenvalue weighted by Crippen LogP contribution is 2.34. The van der Waals surface area contributed by atoms with Crippen molar-refractivity contribution in [3.8, 4) is 5.69 Å². The van der Waals surface area contributed by atoms with Gasteiger partial charge >= 0.3 is 6.18 Å². The van der Waals surface area contributed by atoms with Gasteiger partial charge in [0.15, 0.2) is 5.69 Å². The van der Waals surface area contributed by atoms with Gasteiger partial charge in [0.25, 0.3) is 5.91 Å². The van der Waals surface area contributed by atoms with Crippen molar-refractivity contribution in [3.63, 3.8) is 0 Å². The van der Waals surface area contributed by atoms with Gasteiger partial charge in [0.1, 0.15) is 0 Å². The van der Waals surface area contributed by atoms with E-state index in [2.05, 4.69) is 15.4 Å². The highest BCUT2D eigenvalue weighted by atomic mass is 35.5. The van der Waals surface area contributed by atoms with Gasteiger partial charge in [-0.2, -0.15) is 18.3 Å². The maximum Gasteiger partial charge on any atom is 0.434 e. The first-order chi connectivity index (χ1) is 12.8. The highest BCUT2D eigenvalue weighted by Gasteiger charge is 2.40. The van der Waals surface area contributed by atoms with Gasteiger partial charge in [0.2, 0.25) is 0 Å². The molecule has 0 aliphatic rings. The highest BCUT2D eigenvalue weighted by molar-refractivity contribution is 6.30. The standard InChI is InChI=1S/C18H14ClF3N4O/c1-11(12-3-2-8-23-9-12)25-17(27)15-10-24-26(16(15)18(20,21)22)14-6-4-13(19)5-7-14/h2-11H,1H3,(H,25,27). The second kappa shape index (κ2) is 7.40. The van der Waals surface area contributed by atoms with Crippen LogP contribution in [-0.2, 0) is 6.18 Å². The summed E-state index contributed by atoms with van der Waals surface area (Å²) in [5.74, 6) is -0.876. The summed E-state index contributed by atoms with van der Waals surface area (Å²) in [6.45, 7) is 1.66. The second-order valence-corrected chi connectivity index (χ2v) is 6.21. The molecule has 1 N–H and O–H groups in total. The zero-order valence-corrected chi connectivity index (χ0v) is 14.8. The maximum absolute atomic E-state index is 13.7. The minimum Gasteiger partial charge on any atom is -0.345 e. The molecule has 0 aliphatic heterocycles. The number of carbonyl (C=O) groups is 1. The first-order valence-electron chi connectivity index (χ1n) is 7.89. The van der Waals surface area contributed by atoms with Crippen molar-refractivity contribution in [2.24, 2.45) is 0 Å². The first-order valence-corrected chi connectivity index (χ1v) is 8.27. The van der Waals surface area contributed by atoms with E-state index in [1.165, 1.54) is 30.5 Å². The Morgan fingerprint density at radius 3 is 2.48 bits per heavy atom. The molecule has 27 heavy (non-hydrogen) atoms. The summed E-state index contributed by atoms with van der Waals surface area (Å²) in [7, 11) is 0. The average Bonchev–Trinajstić information content (AvgIpc) is 3.09. The van der Waals surface area contributed by atoms with Gasteiger partial charge in [-0.25, -0.2) is 4.68 Å². The molecule has 3 aromatic rings. The lowest BCUT2D eigenvalue weighted by Crippen LogP contribution is -2.29. The lowest BCUT2D eigenvalue weighted by molar-refractivity contribution is -0.143. The van der Waals surface area contributed by atoms with E-state index in [4.69, 9.17) is 11.6 Å². The second-order valence-electron chi connectivity index (χ2n) is 5.77. The van der Waals surface area contributed by atoms with Crippen LogP contribution in [0, 0.1) is 0 Å². The van der Waals surface area contributed by atoms with Crippen LogP contribution in [0.2, 0.25) is 5.02 Å². The van der Waals surface area contributed by atoms with Crippen LogP contribution in [0.5, 0.6) is 0 Å².